The topological polar surface area (TPSA) is 52.7 Å². The first-order chi connectivity index (χ1) is 14.6. The normalized spacial score (nSPS) is 21.9. The summed E-state index contributed by atoms with van der Waals surface area (Å²) in [6.07, 6.45) is 1.61. The molecule has 3 amide bonds. The number of carbonyl (C=O) groups excluding carboxylic acids is 2. The SMILES string of the molecule is Cc1cccc(C2CCC(C(=O)N3CCSCC3)CN2C(=O)Nc2ccccc2)c1. The van der Waals surface area contributed by atoms with Gasteiger partial charge in [-0.25, -0.2) is 4.79 Å². The zero-order chi connectivity index (χ0) is 20.9. The van der Waals surface area contributed by atoms with Crippen molar-refractivity contribution in [1.82, 2.24) is 9.80 Å². The third kappa shape index (κ3) is 4.81. The number of thioether (sulfide) groups is 1. The Kier molecular flexibility index (Phi) is 6.62. The molecule has 0 spiro atoms. The molecule has 0 bridgehead atoms. The van der Waals surface area contributed by atoms with E-state index in [0.717, 1.165) is 48.7 Å². The molecule has 2 aromatic carbocycles. The van der Waals surface area contributed by atoms with E-state index in [1.807, 2.05) is 58.0 Å². The van der Waals surface area contributed by atoms with Gasteiger partial charge in [-0.05, 0) is 37.5 Å². The fourth-order valence-electron chi connectivity index (χ4n) is 4.38. The van der Waals surface area contributed by atoms with Crippen molar-refractivity contribution in [1.29, 1.82) is 0 Å². The smallest absolute Gasteiger partial charge is 0.322 e. The number of nitrogens with one attached hydrogen (secondary N) is 1. The zero-order valence-corrected chi connectivity index (χ0v) is 18.2. The van der Waals surface area contributed by atoms with Gasteiger partial charge in [0.15, 0.2) is 0 Å². The van der Waals surface area contributed by atoms with E-state index in [0.29, 0.717) is 6.54 Å². The number of benzene rings is 2. The monoisotopic (exact) mass is 423 g/mol. The number of nitrogens with zero attached hydrogens (tertiary/aromatic N) is 2. The fraction of sp³-hybridized carbons (Fsp3) is 0.417. The van der Waals surface area contributed by atoms with Gasteiger partial charge in [-0.2, -0.15) is 11.8 Å². The highest BCUT2D eigenvalue weighted by molar-refractivity contribution is 7.99. The van der Waals surface area contributed by atoms with Gasteiger partial charge in [0.2, 0.25) is 5.91 Å². The maximum atomic E-state index is 13.3. The zero-order valence-electron chi connectivity index (χ0n) is 17.4. The Hall–Kier alpha value is -2.47. The minimum Gasteiger partial charge on any atom is -0.341 e. The number of carbonyl (C=O) groups is 2. The fourth-order valence-corrected chi connectivity index (χ4v) is 5.28. The van der Waals surface area contributed by atoms with Crippen LogP contribution in [0.5, 0.6) is 0 Å². The molecule has 2 fully saturated rings. The van der Waals surface area contributed by atoms with Crippen molar-refractivity contribution >= 4 is 29.4 Å². The molecule has 6 heteroatoms. The molecule has 5 nitrogen and oxygen atoms in total. The molecular weight excluding hydrogens is 394 g/mol. The van der Waals surface area contributed by atoms with E-state index in [1.165, 1.54) is 5.56 Å². The Morgan fingerprint density at radius 3 is 2.50 bits per heavy atom. The molecule has 1 N–H and O–H groups in total. The molecule has 2 heterocycles. The van der Waals surface area contributed by atoms with Crippen LogP contribution in [0.25, 0.3) is 0 Å². The summed E-state index contributed by atoms with van der Waals surface area (Å²) in [5.74, 6) is 2.08. The number of anilines is 1. The predicted octanol–water partition coefficient (Wildman–Crippen LogP) is 4.56. The minimum absolute atomic E-state index is 0.0189. The molecule has 2 atom stereocenters. The van der Waals surface area contributed by atoms with E-state index in [2.05, 4.69) is 30.4 Å². The summed E-state index contributed by atoms with van der Waals surface area (Å²) in [6, 6.07) is 17.7. The second-order valence-corrected chi connectivity index (χ2v) is 9.32. The van der Waals surface area contributed by atoms with E-state index in [1.54, 1.807) is 0 Å². The van der Waals surface area contributed by atoms with Crippen LogP contribution in [0.2, 0.25) is 0 Å². The van der Waals surface area contributed by atoms with E-state index < -0.39 is 0 Å². The Morgan fingerprint density at radius 1 is 1.00 bits per heavy atom. The molecule has 0 aliphatic carbocycles. The molecule has 2 unspecified atom stereocenters. The first-order valence-electron chi connectivity index (χ1n) is 10.7. The quantitative estimate of drug-likeness (QED) is 0.788. The van der Waals surface area contributed by atoms with E-state index in [-0.39, 0.29) is 23.9 Å². The Labute approximate surface area is 182 Å². The van der Waals surface area contributed by atoms with Crippen LogP contribution in [0.15, 0.2) is 54.6 Å². The number of aryl methyl sites for hydroxylation is 1. The van der Waals surface area contributed by atoms with Gasteiger partial charge in [0.05, 0.1) is 12.0 Å². The molecule has 0 aromatic heterocycles. The average Bonchev–Trinajstić information content (AvgIpc) is 2.79. The van der Waals surface area contributed by atoms with Crippen molar-refractivity contribution in [2.75, 3.05) is 36.5 Å². The molecule has 4 rings (SSSR count). The third-order valence-corrected chi connectivity index (χ3v) is 6.91. The average molecular weight is 424 g/mol. The van der Waals surface area contributed by atoms with Gasteiger partial charge in [-0.3, -0.25) is 4.79 Å². The number of urea groups is 1. The lowest BCUT2D eigenvalue weighted by atomic mass is 9.88. The van der Waals surface area contributed by atoms with Crippen LogP contribution in [-0.2, 0) is 4.79 Å². The number of hydrogen-bond acceptors (Lipinski definition) is 3. The first-order valence-corrected chi connectivity index (χ1v) is 11.8. The highest BCUT2D eigenvalue weighted by Crippen LogP contribution is 2.35. The summed E-state index contributed by atoms with van der Waals surface area (Å²) >= 11 is 1.90. The van der Waals surface area contributed by atoms with Crippen molar-refractivity contribution < 1.29 is 9.59 Å². The van der Waals surface area contributed by atoms with Crippen molar-refractivity contribution in [3.8, 4) is 0 Å². The highest BCUT2D eigenvalue weighted by Gasteiger charge is 2.37. The van der Waals surface area contributed by atoms with Crippen LogP contribution in [0, 0.1) is 12.8 Å². The van der Waals surface area contributed by atoms with Crippen molar-refractivity contribution in [3.05, 3.63) is 65.7 Å². The first kappa shape index (κ1) is 20.8. The predicted molar refractivity (Wildman–Crippen MR) is 123 cm³/mol. The standard InChI is InChI=1S/C24H29N3O2S/c1-18-6-5-7-19(16-18)22-11-10-20(23(28)26-12-14-30-15-13-26)17-27(22)24(29)25-21-8-3-2-4-9-21/h2-9,16,20,22H,10-15,17H2,1H3,(H,25,29). The Balaban J connectivity index is 1.55. The lowest BCUT2D eigenvalue weighted by Crippen LogP contribution is -2.50. The molecule has 30 heavy (non-hydrogen) atoms. The van der Waals surface area contributed by atoms with Crippen molar-refractivity contribution in [2.24, 2.45) is 5.92 Å². The summed E-state index contributed by atoms with van der Waals surface area (Å²) in [7, 11) is 0. The van der Waals surface area contributed by atoms with Crippen LogP contribution in [0.3, 0.4) is 0 Å². The molecule has 2 aliphatic heterocycles. The van der Waals surface area contributed by atoms with Gasteiger partial charge in [-0.1, -0.05) is 48.0 Å². The van der Waals surface area contributed by atoms with E-state index in [4.69, 9.17) is 0 Å². The van der Waals surface area contributed by atoms with E-state index in [9.17, 15) is 9.59 Å². The van der Waals surface area contributed by atoms with Gasteiger partial charge in [0.25, 0.3) is 0 Å². The minimum atomic E-state index is -0.139. The van der Waals surface area contributed by atoms with Crippen LogP contribution in [-0.4, -0.2) is 52.9 Å². The van der Waals surface area contributed by atoms with Crippen LogP contribution in [0.4, 0.5) is 10.5 Å². The number of hydrogen-bond donors (Lipinski definition) is 1. The Morgan fingerprint density at radius 2 is 1.77 bits per heavy atom. The molecule has 0 saturated carbocycles. The molecule has 0 radical (unpaired) electrons. The van der Waals surface area contributed by atoms with Crippen LogP contribution in [0.1, 0.15) is 30.0 Å². The van der Waals surface area contributed by atoms with Gasteiger partial charge < -0.3 is 15.1 Å². The van der Waals surface area contributed by atoms with Gasteiger partial charge >= 0.3 is 6.03 Å². The maximum absolute atomic E-state index is 13.3. The number of likely N-dealkylation sites (tertiary alicyclic amines) is 1. The highest BCUT2D eigenvalue weighted by atomic mass is 32.2. The largest absolute Gasteiger partial charge is 0.341 e. The molecule has 2 saturated heterocycles. The summed E-state index contributed by atoms with van der Waals surface area (Å²) in [5.41, 5.74) is 3.09. The summed E-state index contributed by atoms with van der Waals surface area (Å²) in [4.78, 5) is 30.3. The van der Waals surface area contributed by atoms with Gasteiger partial charge in [0.1, 0.15) is 0 Å². The van der Waals surface area contributed by atoms with E-state index >= 15 is 0 Å². The second-order valence-electron chi connectivity index (χ2n) is 8.09. The maximum Gasteiger partial charge on any atom is 0.322 e. The lowest BCUT2D eigenvalue weighted by molar-refractivity contribution is -0.137. The summed E-state index contributed by atoms with van der Waals surface area (Å²) < 4.78 is 0. The number of rotatable bonds is 3. The number of para-hydroxylation sites is 1. The number of piperidine rings is 1. The summed E-state index contributed by atoms with van der Waals surface area (Å²) in [6.45, 7) is 4.16. The summed E-state index contributed by atoms with van der Waals surface area (Å²) in [5, 5.41) is 3.02. The van der Waals surface area contributed by atoms with Crippen LogP contribution < -0.4 is 5.32 Å². The van der Waals surface area contributed by atoms with Crippen molar-refractivity contribution in [2.45, 2.75) is 25.8 Å². The lowest BCUT2D eigenvalue weighted by Gasteiger charge is -2.41. The third-order valence-electron chi connectivity index (χ3n) is 5.97. The molecule has 158 valence electrons. The van der Waals surface area contributed by atoms with Crippen LogP contribution >= 0.6 is 11.8 Å². The van der Waals surface area contributed by atoms with Gasteiger partial charge in [0, 0.05) is 36.8 Å². The van der Waals surface area contributed by atoms with Crippen molar-refractivity contribution in [3.63, 3.8) is 0 Å². The Bertz CT molecular complexity index is 883. The molecular formula is C24H29N3O2S. The second kappa shape index (κ2) is 9.56. The number of amides is 3. The molecule has 2 aliphatic rings. The molecule has 2 aromatic rings. The van der Waals surface area contributed by atoms with Gasteiger partial charge in [-0.15, -0.1) is 0 Å².